The molecule has 1 aromatic carbocycles. The van der Waals surface area contributed by atoms with Gasteiger partial charge in [-0.1, -0.05) is 44.9 Å². The number of piperidine rings is 1. The number of hydrogen-bond donors (Lipinski definition) is 2. The van der Waals surface area contributed by atoms with Gasteiger partial charge in [-0.2, -0.15) is 0 Å². The Hall–Kier alpha value is -1.88. The summed E-state index contributed by atoms with van der Waals surface area (Å²) in [6, 6.07) is 8.53. The molecule has 1 heterocycles. The van der Waals surface area contributed by atoms with Crippen LogP contribution >= 0.6 is 0 Å². The maximum atomic E-state index is 12.9. The number of rotatable bonds is 8. The monoisotopic (exact) mass is 373 g/mol. The lowest BCUT2D eigenvalue weighted by Crippen LogP contribution is -2.57. The number of hydrogen-bond acceptors (Lipinski definition) is 3. The van der Waals surface area contributed by atoms with Crippen molar-refractivity contribution in [2.24, 2.45) is 5.92 Å². The van der Waals surface area contributed by atoms with E-state index in [9.17, 15) is 9.59 Å². The fourth-order valence-corrected chi connectivity index (χ4v) is 3.54. The molecule has 0 aromatic heterocycles. The summed E-state index contributed by atoms with van der Waals surface area (Å²) < 4.78 is 0. The highest BCUT2D eigenvalue weighted by Gasteiger charge is 2.31. The minimum atomic E-state index is -0.528. The first-order valence-electron chi connectivity index (χ1n) is 10.2. The fourth-order valence-electron chi connectivity index (χ4n) is 3.54. The van der Waals surface area contributed by atoms with Crippen molar-refractivity contribution >= 4 is 11.8 Å². The van der Waals surface area contributed by atoms with Gasteiger partial charge in [-0.05, 0) is 57.8 Å². The molecule has 1 aliphatic heterocycles. The maximum Gasteiger partial charge on any atom is 0.251 e. The van der Waals surface area contributed by atoms with Crippen LogP contribution in [0.2, 0.25) is 0 Å². The molecule has 27 heavy (non-hydrogen) atoms. The van der Waals surface area contributed by atoms with Crippen LogP contribution in [0.25, 0.3) is 0 Å². The molecule has 1 aliphatic rings. The second-order valence-electron chi connectivity index (χ2n) is 8.28. The lowest BCUT2D eigenvalue weighted by atomic mass is 9.96. The molecular weight excluding hydrogens is 338 g/mol. The predicted octanol–water partition coefficient (Wildman–Crippen LogP) is 3.21. The summed E-state index contributed by atoms with van der Waals surface area (Å²) >= 11 is 0. The lowest BCUT2D eigenvalue weighted by Gasteiger charge is -2.41. The van der Waals surface area contributed by atoms with Crippen molar-refractivity contribution in [2.45, 2.75) is 65.0 Å². The maximum absolute atomic E-state index is 12.9. The Balaban J connectivity index is 1.98. The van der Waals surface area contributed by atoms with Gasteiger partial charge in [-0.15, -0.1) is 0 Å². The number of amides is 2. The van der Waals surface area contributed by atoms with Crippen LogP contribution < -0.4 is 10.6 Å². The zero-order valence-corrected chi connectivity index (χ0v) is 17.3. The van der Waals surface area contributed by atoms with Gasteiger partial charge in [-0.3, -0.25) is 14.5 Å². The van der Waals surface area contributed by atoms with Gasteiger partial charge in [0.2, 0.25) is 5.91 Å². The number of benzene rings is 1. The third-order valence-electron chi connectivity index (χ3n) is 5.73. The Morgan fingerprint density at radius 2 is 1.74 bits per heavy atom. The van der Waals surface area contributed by atoms with E-state index in [1.807, 2.05) is 32.0 Å². The molecule has 5 nitrogen and oxygen atoms in total. The first-order valence-corrected chi connectivity index (χ1v) is 10.2. The van der Waals surface area contributed by atoms with E-state index >= 15 is 0 Å². The van der Waals surface area contributed by atoms with Gasteiger partial charge in [0.1, 0.15) is 6.04 Å². The van der Waals surface area contributed by atoms with Crippen molar-refractivity contribution in [1.82, 2.24) is 15.5 Å². The average Bonchev–Trinajstić information content (AvgIpc) is 2.70. The molecule has 1 fully saturated rings. The van der Waals surface area contributed by atoms with Gasteiger partial charge in [0, 0.05) is 17.6 Å². The van der Waals surface area contributed by atoms with Gasteiger partial charge in [0.25, 0.3) is 5.91 Å². The molecule has 2 N–H and O–H groups in total. The third-order valence-corrected chi connectivity index (χ3v) is 5.73. The Kier molecular flexibility index (Phi) is 7.84. The molecule has 2 rings (SSSR count). The Morgan fingerprint density at radius 1 is 1.11 bits per heavy atom. The van der Waals surface area contributed by atoms with Crippen LogP contribution in [0.5, 0.6) is 0 Å². The van der Waals surface area contributed by atoms with E-state index in [0.717, 1.165) is 19.5 Å². The molecule has 2 amide bonds. The topological polar surface area (TPSA) is 61.4 Å². The molecule has 0 bridgehead atoms. The third kappa shape index (κ3) is 6.06. The van der Waals surface area contributed by atoms with Gasteiger partial charge >= 0.3 is 0 Å². The van der Waals surface area contributed by atoms with Crippen molar-refractivity contribution in [3.8, 4) is 0 Å². The smallest absolute Gasteiger partial charge is 0.251 e. The first-order chi connectivity index (χ1) is 12.8. The zero-order valence-electron chi connectivity index (χ0n) is 17.3. The van der Waals surface area contributed by atoms with Crippen LogP contribution in [0.15, 0.2) is 30.3 Å². The van der Waals surface area contributed by atoms with Gasteiger partial charge < -0.3 is 10.6 Å². The van der Waals surface area contributed by atoms with E-state index in [4.69, 9.17) is 0 Å². The summed E-state index contributed by atoms with van der Waals surface area (Å²) in [7, 11) is 0. The first kappa shape index (κ1) is 21.4. The van der Waals surface area contributed by atoms with Gasteiger partial charge in [0.15, 0.2) is 0 Å². The van der Waals surface area contributed by atoms with Gasteiger partial charge in [0.05, 0.1) is 0 Å². The summed E-state index contributed by atoms with van der Waals surface area (Å²) in [6.07, 6.45) is 4.56. The molecule has 0 spiro atoms. The van der Waals surface area contributed by atoms with E-state index in [2.05, 4.69) is 29.4 Å². The Labute approximate surface area is 163 Å². The van der Waals surface area contributed by atoms with Crippen molar-refractivity contribution in [3.05, 3.63) is 35.9 Å². The van der Waals surface area contributed by atoms with Crippen LogP contribution in [-0.4, -0.2) is 47.9 Å². The summed E-state index contributed by atoms with van der Waals surface area (Å²) in [5, 5.41) is 6.03. The molecule has 0 radical (unpaired) electrons. The van der Waals surface area contributed by atoms with Crippen molar-refractivity contribution < 1.29 is 9.59 Å². The molecule has 1 aromatic rings. The minimum Gasteiger partial charge on any atom is -0.352 e. The highest BCUT2D eigenvalue weighted by atomic mass is 16.2. The summed E-state index contributed by atoms with van der Waals surface area (Å²) in [5.74, 6) is -0.235. The summed E-state index contributed by atoms with van der Waals surface area (Å²) in [4.78, 5) is 27.9. The van der Waals surface area contributed by atoms with E-state index in [-0.39, 0.29) is 23.3 Å². The SMILES string of the molecule is CCC(C)C(NC(=O)c1ccccc1)C(=O)NCC(C)(C)N1CCCCC1. The molecule has 2 atom stereocenters. The van der Waals surface area contributed by atoms with E-state index < -0.39 is 6.04 Å². The second-order valence-corrected chi connectivity index (χ2v) is 8.28. The van der Waals surface area contributed by atoms with Crippen molar-refractivity contribution in [3.63, 3.8) is 0 Å². The van der Waals surface area contributed by atoms with Crippen LogP contribution in [0, 0.1) is 5.92 Å². The molecule has 5 heteroatoms. The predicted molar refractivity (Wildman–Crippen MR) is 110 cm³/mol. The van der Waals surface area contributed by atoms with Crippen LogP contribution in [0.4, 0.5) is 0 Å². The van der Waals surface area contributed by atoms with Gasteiger partial charge in [-0.25, -0.2) is 0 Å². The van der Waals surface area contributed by atoms with Crippen LogP contribution in [0.1, 0.15) is 63.7 Å². The summed E-state index contributed by atoms with van der Waals surface area (Å²) in [5.41, 5.74) is 0.492. The van der Waals surface area contributed by atoms with E-state index in [1.165, 1.54) is 19.3 Å². The molecule has 0 saturated carbocycles. The molecule has 0 aliphatic carbocycles. The Bertz CT molecular complexity index is 609. The minimum absolute atomic E-state index is 0.0655. The average molecular weight is 374 g/mol. The fraction of sp³-hybridized carbons (Fsp3) is 0.636. The molecule has 150 valence electrons. The lowest BCUT2D eigenvalue weighted by molar-refractivity contribution is -0.124. The normalized spacial score (nSPS) is 17.8. The van der Waals surface area contributed by atoms with E-state index in [0.29, 0.717) is 12.1 Å². The highest BCUT2D eigenvalue weighted by molar-refractivity contribution is 5.97. The number of nitrogens with zero attached hydrogens (tertiary/aromatic N) is 1. The standard InChI is InChI=1S/C22H35N3O2/c1-5-17(2)19(24-20(26)18-12-8-6-9-13-18)21(27)23-16-22(3,4)25-14-10-7-11-15-25/h6,8-9,12-13,17,19H,5,7,10-11,14-16H2,1-4H3,(H,23,27)(H,24,26). The quantitative estimate of drug-likeness (QED) is 0.735. The molecule has 2 unspecified atom stereocenters. The summed E-state index contributed by atoms with van der Waals surface area (Å²) in [6.45, 7) is 11.2. The Morgan fingerprint density at radius 3 is 2.33 bits per heavy atom. The number of likely N-dealkylation sites (tertiary alicyclic amines) is 1. The molecular formula is C22H35N3O2. The van der Waals surface area contributed by atoms with Crippen molar-refractivity contribution in [2.75, 3.05) is 19.6 Å². The van der Waals surface area contributed by atoms with Crippen LogP contribution in [-0.2, 0) is 4.79 Å². The number of carbonyl (C=O) groups is 2. The largest absolute Gasteiger partial charge is 0.352 e. The molecule has 1 saturated heterocycles. The highest BCUT2D eigenvalue weighted by Crippen LogP contribution is 2.20. The number of carbonyl (C=O) groups excluding carboxylic acids is 2. The van der Waals surface area contributed by atoms with Crippen LogP contribution in [0.3, 0.4) is 0 Å². The second kappa shape index (κ2) is 9.88. The van der Waals surface area contributed by atoms with E-state index in [1.54, 1.807) is 12.1 Å². The van der Waals surface area contributed by atoms with Crippen molar-refractivity contribution in [1.29, 1.82) is 0 Å². The zero-order chi connectivity index (χ0) is 19.9. The number of nitrogens with one attached hydrogen (secondary N) is 2.